The molecule has 0 radical (unpaired) electrons. The van der Waals surface area contributed by atoms with Crippen molar-refractivity contribution in [3.05, 3.63) is 30.0 Å². The lowest BCUT2D eigenvalue weighted by Crippen LogP contribution is -2.26. The predicted octanol–water partition coefficient (Wildman–Crippen LogP) is 2.76. The maximum absolute atomic E-state index is 11.7. The van der Waals surface area contributed by atoms with Gasteiger partial charge in [-0.05, 0) is 44.2 Å². The van der Waals surface area contributed by atoms with E-state index in [-0.39, 0.29) is 5.91 Å². The number of aromatic nitrogens is 1. The zero-order valence-electron chi connectivity index (χ0n) is 11.6. The van der Waals surface area contributed by atoms with Gasteiger partial charge in [0.25, 0.3) is 0 Å². The Hall–Kier alpha value is -1.49. The average Bonchev–Trinajstić information content (AvgIpc) is 2.47. The van der Waals surface area contributed by atoms with E-state index in [9.17, 15) is 4.79 Å². The van der Waals surface area contributed by atoms with Crippen LogP contribution in [0.5, 0.6) is 0 Å². The largest absolute Gasteiger partial charge is 0.397 e. The molecule has 0 aliphatic heterocycles. The van der Waals surface area contributed by atoms with E-state index in [2.05, 4.69) is 16.4 Å². The highest BCUT2D eigenvalue weighted by atomic mass is 32.2. The molecule has 0 fully saturated rings. The fourth-order valence-corrected chi connectivity index (χ4v) is 2.94. The van der Waals surface area contributed by atoms with E-state index in [0.717, 1.165) is 18.0 Å². The summed E-state index contributed by atoms with van der Waals surface area (Å²) in [5.74, 6) is 0.400. The van der Waals surface area contributed by atoms with Crippen molar-refractivity contribution < 1.29 is 4.79 Å². The van der Waals surface area contributed by atoms with Gasteiger partial charge in [-0.1, -0.05) is 23.4 Å². The third kappa shape index (κ3) is 4.89. The Bertz CT molecular complexity index is 488. The lowest BCUT2D eigenvalue weighted by molar-refractivity contribution is -0.118. The van der Waals surface area contributed by atoms with E-state index in [1.165, 1.54) is 43.0 Å². The molecule has 0 bridgehead atoms. The summed E-state index contributed by atoms with van der Waals surface area (Å²) in [5, 5.41) is 3.67. The molecule has 1 aromatic heterocycles. The molecule has 0 spiro atoms. The van der Waals surface area contributed by atoms with Gasteiger partial charge in [0.05, 0.1) is 11.4 Å². The number of amides is 1. The molecule has 0 unspecified atom stereocenters. The second-order valence-electron chi connectivity index (χ2n) is 4.89. The Labute approximate surface area is 124 Å². The van der Waals surface area contributed by atoms with E-state index in [1.54, 1.807) is 18.3 Å². The molecular formula is C15H21N3OS. The fourth-order valence-electron chi connectivity index (χ4n) is 2.20. The number of thioether (sulfide) groups is 1. The van der Waals surface area contributed by atoms with Gasteiger partial charge in [-0.2, -0.15) is 0 Å². The van der Waals surface area contributed by atoms with Crippen molar-refractivity contribution in [1.29, 1.82) is 0 Å². The summed E-state index contributed by atoms with van der Waals surface area (Å²) in [5.41, 5.74) is 7.89. The standard InChI is InChI=1S/C15H21N3OS/c16-13-7-4-9-18-15(13)20-11-14(19)17-10-8-12-5-2-1-3-6-12/h4-5,7,9H,1-3,6,8,10-11,16H2,(H,17,19). The first-order chi connectivity index (χ1) is 9.75. The number of carbonyl (C=O) groups is 1. The first-order valence-corrected chi connectivity index (χ1v) is 8.02. The average molecular weight is 291 g/mol. The van der Waals surface area contributed by atoms with Crippen molar-refractivity contribution in [2.45, 2.75) is 37.1 Å². The maximum Gasteiger partial charge on any atom is 0.230 e. The fraction of sp³-hybridized carbons (Fsp3) is 0.467. The second kappa shape index (κ2) is 7.94. The Balaban J connectivity index is 1.65. The van der Waals surface area contributed by atoms with Crippen LogP contribution in [0.3, 0.4) is 0 Å². The highest BCUT2D eigenvalue weighted by Crippen LogP contribution is 2.21. The van der Waals surface area contributed by atoms with Crippen molar-refractivity contribution in [2.75, 3.05) is 18.0 Å². The molecule has 1 amide bonds. The molecule has 3 N–H and O–H groups in total. The van der Waals surface area contributed by atoms with Gasteiger partial charge in [-0.15, -0.1) is 0 Å². The third-order valence-corrected chi connectivity index (χ3v) is 4.31. The van der Waals surface area contributed by atoms with Crippen molar-refractivity contribution in [1.82, 2.24) is 10.3 Å². The van der Waals surface area contributed by atoms with Crippen LogP contribution in [0.4, 0.5) is 5.69 Å². The Morgan fingerprint density at radius 3 is 3.10 bits per heavy atom. The quantitative estimate of drug-likeness (QED) is 0.624. The number of pyridine rings is 1. The summed E-state index contributed by atoms with van der Waals surface area (Å²) in [6, 6.07) is 3.58. The highest BCUT2D eigenvalue weighted by Gasteiger charge is 2.07. The molecule has 1 aliphatic rings. The summed E-state index contributed by atoms with van der Waals surface area (Å²) in [6.45, 7) is 0.725. The molecule has 0 atom stereocenters. The highest BCUT2D eigenvalue weighted by molar-refractivity contribution is 8.00. The van der Waals surface area contributed by atoms with Crippen LogP contribution in [0.1, 0.15) is 32.1 Å². The topological polar surface area (TPSA) is 68.0 Å². The number of hydrogen-bond donors (Lipinski definition) is 2. The van der Waals surface area contributed by atoms with E-state index in [1.807, 2.05) is 0 Å². The van der Waals surface area contributed by atoms with Crippen molar-refractivity contribution in [2.24, 2.45) is 0 Å². The van der Waals surface area contributed by atoms with Crippen LogP contribution in [0.2, 0.25) is 0 Å². The number of carbonyl (C=O) groups excluding carboxylic acids is 1. The molecular weight excluding hydrogens is 270 g/mol. The number of rotatable bonds is 6. The van der Waals surface area contributed by atoms with E-state index >= 15 is 0 Å². The zero-order chi connectivity index (χ0) is 14.2. The van der Waals surface area contributed by atoms with Gasteiger partial charge in [-0.3, -0.25) is 4.79 Å². The smallest absolute Gasteiger partial charge is 0.230 e. The van der Waals surface area contributed by atoms with Crippen molar-refractivity contribution in [3.63, 3.8) is 0 Å². The maximum atomic E-state index is 11.7. The number of allylic oxidation sites excluding steroid dienone is 1. The van der Waals surface area contributed by atoms with Gasteiger partial charge in [0.1, 0.15) is 5.03 Å². The summed E-state index contributed by atoms with van der Waals surface area (Å²) < 4.78 is 0. The van der Waals surface area contributed by atoms with Crippen LogP contribution in [-0.2, 0) is 4.79 Å². The molecule has 2 rings (SSSR count). The van der Waals surface area contributed by atoms with Gasteiger partial charge >= 0.3 is 0 Å². The lowest BCUT2D eigenvalue weighted by Gasteiger charge is -2.12. The van der Waals surface area contributed by atoms with Gasteiger partial charge in [0.15, 0.2) is 0 Å². The van der Waals surface area contributed by atoms with Crippen LogP contribution >= 0.6 is 11.8 Å². The molecule has 1 heterocycles. The number of hydrogen-bond acceptors (Lipinski definition) is 4. The Kier molecular flexibility index (Phi) is 5.92. The molecule has 108 valence electrons. The van der Waals surface area contributed by atoms with Gasteiger partial charge in [0, 0.05) is 12.7 Å². The number of nitrogens with two attached hydrogens (primary N) is 1. The predicted molar refractivity (Wildman–Crippen MR) is 83.6 cm³/mol. The number of nitrogen functional groups attached to an aromatic ring is 1. The van der Waals surface area contributed by atoms with Crippen molar-refractivity contribution >= 4 is 23.4 Å². The van der Waals surface area contributed by atoms with Crippen LogP contribution in [0, 0.1) is 0 Å². The van der Waals surface area contributed by atoms with Crippen molar-refractivity contribution in [3.8, 4) is 0 Å². The second-order valence-corrected chi connectivity index (χ2v) is 5.86. The van der Waals surface area contributed by atoms with Crippen LogP contribution in [0.15, 0.2) is 35.0 Å². The molecule has 1 aliphatic carbocycles. The third-order valence-electron chi connectivity index (χ3n) is 3.29. The van der Waals surface area contributed by atoms with Gasteiger partial charge < -0.3 is 11.1 Å². The summed E-state index contributed by atoms with van der Waals surface area (Å²) in [6.07, 6.45) is 9.95. The minimum Gasteiger partial charge on any atom is -0.397 e. The molecule has 5 heteroatoms. The van der Waals surface area contributed by atoms with Gasteiger partial charge in [-0.25, -0.2) is 4.98 Å². The van der Waals surface area contributed by atoms with Crippen LogP contribution < -0.4 is 11.1 Å². The monoisotopic (exact) mass is 291 g/mol. The lowest BCUT2D eigenvalue weighted by atomic mass is 9.97. The van der Waals surface area contributed by atoms with Gasteiger partial charge in [0.2, 0.25) is 5.91 Å². The SMILES string of the molecule is Nc1cccnc1SCC(=O)NCCC1=CCCCC1. The van der Waals surface area contributed by atoms with E-state index in [4.69, 9.17) is 5.73 Å². The van der Waals surface area contributed by atoms with Crippen LogP contribution in [-0.4, -0.2) is 23.2 Å². The molecule has 0 aromatic carbocycles. The first-order valence-electron chi connectivity index (χ1n) is 7.03. The first kappa shape index (κ1) is 14.9. The Morgan fingerprint density at radius 1 is 1.45 bits per heavy atom. The number of nitrogens with zero attached hydrogens (tertiary/aromatic N) is 1. The summed E-state index contributed by atoms with van der Waals surface area (Å²) in [7, 11) is 0. The summed E-state index contributed by atoms with van der Waals surface area (Å²) >= 11 is 1.38. The van der Waals surface area contributed by atoms with Crippen LogP contribution in [0.25, 0.3) is 0 Å². The molecule has 0 saturated carbocycles. The Morgan fingerprint density at radius 2 is 2.35 bits per heavy atom. The minimum absolute atomic E-state index is 0.0384. The van der Waals surface area contributed by atoms with E-state index in [0.29, 0.717) is 11.4 Å². The molecule has 1 aromatic rings. The summed E-state index contributed by atoms with van der Waals surface area (Å²) in [4.78, 5) is 15.9. The number of nitrogens with one attached hydrogen (secondary N) is 1. The zero-order valence-corrected chi connectivity index (χ0v) is 12.4. The molecule has 0 saturated heterocycles. The normalized spacial score (nSPS) is 14.7. The molecule has 4 nitrogen and oxygen atoms in total. The minimum atomic E-state index is 0.0384. The number of anilines is 1. The van der Waals surface area contributed by atoms with E-state index < -0.39 is 0 Å². The molecule has 20 heavy (non-hydrogen) atoms.